The van der Waals surface area contributed by atoms with Crippen LogP contribution in [0.5, 0.6) is 11.5 Å². The maximum absolute atomic E-state index is 15.0. The second-order valence-electron chi connectivity index (χ2n) is 11.2. The number of para-hydroxylation sites is 1. The average Bonchev–Trinajstić information content (AvgIpc) is 3.06. The van der Waals surface area contributed by atoms with E-state index < -0.39 is 5.41 Å². The van der Waals surface area contributed by atoms with Crippen LogP contribution in [0.3, 0.4) is 0 Å². The van der Waals surface area contributed by atoms with E-state index in [-0.39, 0.29) is 17.8 Å². The van der Waals surface area contributed by atoms with Crippen molar-refractivity contribution in [1.82, 2.24) is 0 Å². The van der Waals surface area contributed by atoms with Gasteiger partial charge in [0.2, 0.25) is 0 Å². The van der Waals surface area contributed by atoms with Crippen LogP contribution in [0.2, 0.25) is 0 Å². The molecule has 0 fully saturated rings. The zero-order valence-electron chi connectivity index (χ0n) is 24.2. The van der Waals surface area contributed by atoms with Crippen LogP contribution in [0.15, 0.2) is 115 Å². The topological polar surface area (TPSA) is 54.0 Å². The smallest absolute Gasteiger partial charge is 0.323 e. The molecule has 3 aliphatic carbocycles. The fourth-order valence-corrected chi connectivity index (χ4v) is 7.18. The number of carbonyl (C=O) groups is 1. The standard InChI is InChI=1S/C38H34O5/c1-40-21-22-41-23-24-42-35-19-9-8-18-33(35)38(37(39)43-34-20-10-12-26-11-2-3-13-27(26)34)25-32-28-14-4-6-16-30(28)36(38)31-17-7-5-15-29(31)32/h2-20,32,36H,21-25H2,1H3. The van der Waals surface area contributed by atoms with E-state index in [1.807, 2.05) is 66.7 Å². The van der Waals surface area contributed by atoms with Crippen LogP contribution < -0.4 is 9.47 Å². The van der Waals surface area contributed by atoms with Crippen LogP contribution in [0.25, 0.3) is 10.8 Å². The van der Waals surface area contributed by atoms with E-state index in [9.17, 15) is 0 Å². The molecule has 0 aromatic heterocycles. The molecule has 0 aliphatic heterocycles. The van der Waals surface area contributed by atoms with Crippen LogP contribution in [-0.2, 0) is 19.7 Å². The van der Waals surface area contributed by atoms with Crippen molar-refractivity contribution in [3.8, 4) is 11.5 Å². The predicted molar refractivity (Wildman–Crippen MR) is 167 cm³/mol. The van der Waals surface area contributed by atoms with Crippen molar-refractivity contribution in [1.29, 1.82) is 0 Å². The highest BCUT2D eigenvalue weighted by Crippen LogP contribution is 2.63. The van der Waals surface area contributed by atoms with Gasteiger partial charge in [-0.15, -0.1) is 0 Å². The van der Waals surface area contributed by atoms with Crippen LogP contribution >= 0.6 is 0 Å². The third-order valence-electron chi connectivity index (χ3n) is 8.99. The molecule has 5 heteroatoms. The van der Waals surface area contributed by atoms with Gasteiger partial charge < -0.3 is 18.9 Å². The largest absolute Gasteiger partial charge is 0.491 e. The van der Waals surface area contributed by atoms with Crippen molar-refractivity contribution < 1.29 is 23.7 Å². The first-order chi connectivity index (χ1) is 21.2. The van der Waals surface area contributed by atoms with Crippen molar-refractivity contribution in [2.75, 3.05) is 33.5 Å². The van der Waals surface area contributed by atoms with Crippen molar-refractivity contribution in [2.45, 2.75) is 23.7 Å². The summed E-state index contributed by atoms with van der Waals surface area (Å²) in [5.74, 6) is 0.777. The van der Waals surface area contributed by atoms with Gasteiger partial charge in [0.25, 0.3) is 0 Å². The number of methoxy groups -OCH3 is 1. The Morgan fingerprint density at radius 2 is 1.28 bits per heavy atom. The first kappa shape index (κ1) is 27.4. The number of benzene rings is 5. The van der Waals surface area contributed by atoms with Crippen LogP contribution in [0.4, 0.5) is 0 Å². The monoisotopic (exact) mass is 570 g/mol. The highest BCUT2D eigenvalue weighted by Gasteiger charge is 2.59. The minimum absolute atomic E-state index is 0.0444. The minimum Gasteiger partial charge on any atom is -0.491 e. The van der Waals surface area contributed by atoms with Gasteiger partial charge in [-0.25, -0.2) is 0 Å². The third kappa shape index (κ3) is 4.69. The van der Waals surface area contributed by atoms with Crippen LogP contribution in [0.1, 0.15) is 46.1 Å². The third-order valence-corrected chi connectivity index (χ3v) is 8.99. The summed E-state index contributed by atoms with van der Waals surface area (Å²) >= 11 is 0. The summed E-state index contributed by atoms with van der Waals surface area (Å²) in [6.45, 7) is 1.81. The molecule has 0 saturated carbocycles. The van der Waals surface area contributed by atoms with Gasteiger partial charge in [0.05, 0.1) is 19.8 Å². The molecular formula is C38H34O5. The Bertz CT molecular complexity index is 1730. The van der Waals surface area contributed by atoms with Gasteiger partial charge in [-0.3, -0.25) is 4.79 Å². The first-order valence-corrected chi connectivity index (χ1v) is 14.9. The SMILES string of the molecule is COCCOCCOc1ccccc1C1(C(=O)Oc2cccc3ccccc23)CC2c3ccccc3C1c1ccccc12. The van der Waals surface area contributed by atoms with E-state index in [1.165, 1.54) is 22.3 Å². The zero-order chi connectivity index (χ0) is 29.2. The maximum atomic E-state index is 15.0. The summed E-state index contributed by atoms with van der Waals surface area (Å²) in [6.07, 6.45) is 0.583. The summed E-state index contributed by atoms with van der Waals surface area (Å²) in [4.78, 5) is 15.0. The predicted octanol–water partition coefficient (Wildman–Crippen LogP) is 7.41. The van der Waals surface area contributed by atoms with Crippen LogP contribution in [0, 0.1) is 0 Å². The lowest BCUT2D eigenvalue weighted by molar-refractivity contribution is -0.142. The number of esters is 1. The number of ether oxygens (including phenoxy) is 4. The molecule has 5 nitrogen and oxygen atoms in total. The molecule has 2 bridgehead atoms. The second-order valence-corrected chi connectivity index (χ2v) is 11.2. The van der Waals surface area contributed by atoms with Crippen LogP contribution in [-0.4, -0.2) is 39.5 Å². The molecule has 43 heavy (non-hydrogen) atoms. The van der Waals surface area contributed by atoms with Gasteiger partial charge in [0.1, 0.15) is 23.5 Å². The molecule has 1 atom stereocenters. The molecule has 0 heterocycles. The Labute approximate surface area is 252 Å². The summed E-state index contributed by atoms with van der Waals surface area (Å²) in [5, 5.41) is 1.94. The summed E-state index contributed by atoms with van der Waals surface area (Å²) in [5.41, 5.74) is 4.73. The molecule has 0 radical (unpaired) electrons. The Hall–Kier alpha value is -4.45. The van der Waals surface area contributed by atoms with E-state index in [4.69, 9.17) is 18.9 Å². The molecule has 216 valence electrons. The molecule has 5 aromatic rings. The summed E-state index contributed by atoms with van der Waals surface area (Å²) in [7, 11) is 1.65. The quantitative estimate of drug-likeness (QED) is 0.0995. The molecule has 5 aromatic carbocycles. The number of fused-ring (bicyclic) bond motifs is 2. The van der Waals surface area contributed by atoms with E-state index in [1.54, 1.807) is 7.11 Å². The number of hydrogen-bond donors (Lipinski definition) is 0. The average molecular weight is 571 g/mol. The molecule has 3 aliphatic rings. The Balaban J connectivity index is 1.37. The summed E-state index contributed by atoms with van der Waals surface area (Å²) in [6, 6.07) is 38.9. The molecular weight excluding hydrogens is 536 g/mol. The van der Waals surface area contributed by atoms with E-state index in [0.29, 0.717) is 44.3 Å². The van der Waals surface area contributed by atoms with Crippen molar-refractivity contribution >= 4 is 16.7 Å². The van der Waals surface area contributed by atoms with Gasteiger partial charge >= 0.3 is 5.97 Å². The van der Waals surface area contributed by atoms with Gasteiger partial charge in [-0.05, 0) is 46.2 Å². The Morgan fingerprint density at radius 1 is 0.674 bits per heavy atom. The lowest BCUT2D eigenvalue weighted by atomic mass is 9.50. The molecule has 0 amide bonds. The zero-order valence-corrected chi connectivity index (χ0v) is 24.2. The lowest BCUT2D eigenvalue weighted by Gasteiger charge is -2.52. The minimum atomic E-state index is -1.02. The fourth-order valence-electron chi connectivity index (χ4n) is 7.18. The highest BCUT2D eigenvalue weighted by molar-refractivity contribution is 5.95. The molecule has 0 N–H and O–H groups in total. The fraction of sp³-hybridized carbons (Fsp3) is 0.237. The van der Waals surface area contributed by atoms with E-state index in [0.717, 1.165) is 16.3 Å². The number of rotatable bonds is 10. The number of carbonyl (C=O) groups excluding carboxylic acids is 1. The van der Waals surface area contributed by atoms with Crippen molar-refractivity contribution in [3.05, 3.63) is 143 Å². The normalized spacial score (nSPS) is 19.9. The highest BCUT2D eigenvalue weighted by atomic mass is 16.5. The van der Waals surface area contributed by atoms with E-state index in [2.05, 4.69) is 48.5 Å². The Kier molecular flexibility index (Phi) is 7.44. The van der Waals surface area contributed by atoms with Crippen molar-refractivity contribution in [3.63, 3.8) is 0 Å². The van der Waals surface area contributed by atoms with Gasteiger partial charge in [-0.2, -0.15) is 0 Å². The summed E-state index contributed by atoms with van der Waals surface area (Å²) < 4.78 is 23.6. The molecule has 0 saturated heterocycles. The van der Waals surface area contributed by atoms with Gasteiger partial charge in [0, 0.05) is 29.9 Å². The van der Waals surface area contributed by atoms with Crippen molar-refractivity contribution in [2.24, 2.45) is 0 Å². The molecule has 1 unspecified atom stereocenters. The lowest BCUT2D eigenvalue weighted by Crippen LogP contribution is -2.52. The van der Waals surface area contributed by atoms with Gasteiger partial charge in [0.15, 0.2) is 0 Å². The Morgan fingerprint density at radius 3 is 2.05 bits per heavy atom. The second kappa shape index (κ2) is 11.7. The number of hydrogen-bond acceptors (Lipinski definition) is 5. The maximum Gasteiger partial charge on any atom is 0.323 e. The van der Waals surface area contributed by atoms with E-state index >= 15 is 4.79 Å². The van der Waals surface area contributed by atoms with Gasteiger partial charge in [-0.1, -0.05) is 103 Å². The first-order valence-electron chi connectivity index (χ1n) is 14.9. The molecule has 0 spiro atoms. The molecule has 8 rings (SSSR count).